The van der Waals surface area contributed by atoms with Crippen LogP contribution in [0.15, 0.2) is 4.99 Å². The summed E-state index contributed by atoms with van der Waals surface area (Å²) in [5, 5.41) is 2.65. The average molecular weight is 230 g/mol. The van der Waals surface area contributed by atoms with E-state index in [1.54, 1.807) is 27.0 Å². The van der Waals surface area contributed by atoms with Crippen molar-refractivity contribution in [3.8, 4) is 0 Å². The minimum Gasteiger partial charge on any atom is -0.442 e. The van der Waals surface area contributed by atoms with Crippen LogP contribution >= 0.6 is 11.8 Å². The minimum absolute atomic E-state index is 0.233. The zero-order valence-corrected chi connectivity index (χ0v) is 10.4. The largest absolute Gasteiger partial charge is 0.442 e. The summed E-state index contributed by atoms with van der Waals surface area (Å²) in [6, 6.07) is 0. The van der Waals surface area contributed by atoms with Gasteiger partial charge >= 0.3 is 6.09 Å². The molecule has 5 nitrogen and oxygen atoms in total. The number of ether oxygens (including phenoxy) is 1. The van der Waals surface area contributed by atoms with E-state index in [0.717, 1.165) is 0 Å². The van der Waals surface area contributed by atoms with Gasteiger partial charge in [-0.25, -0.2) is 4.79 Å². The van der Waals surface area contributed by atoms with Gasteiger partial charge in [0.1, 0.15) is 5.60 Å². The SMILES string of the molecule is BC(=O)N/C(=N\C(=O)OC(C)(C)C)SC. The Morgan fingerprint density at radius 3 is 2.27 bits per heavy atom. The second-order valence-electron chi connectivity index (χ2n) is 3.78. The van der Waals surface area contributed by atoms with E-state index < -0.39 is 11.7 Å². The highest BCUT2D eigenvalue weighted by atomic mass is 32.2. The maximum Gasteiger partial charge on any atom is 0.436 e. The monoisotopic (exact) mass is 230 g/mol. The van der Waals surface area contributed by atoms with Crippen LogP contribution < -0.4 is 5.32 Å². The standard InChI is InChI=1S/C8H15BN2O3S/c1-8(2,3)14-7(13)11-6(15-4)10-5(9)12/h9H2,1-4H3,(H,10,11,12,13). The summed E-state index contributed by atoms with van der Waals surface area (Å²) in [7, 11) is 1.35. The molecule has 0 bridgehead atoms. The number of hydrogen-bond donors (Lipinski definition) is 1. The lowest BCUT2D eigenvalue weighted by Gasteiger charge is -2.17. The van der Waals surface area contributed by atoms with Crippen molar-refractivity contribution in [2.75, 3.05) is 6.26 Å². The molecule has 0 aromatic rings. The van der Waals surface area contributed by atoms with Crippen LogP contribution in [0.3, 0.4) is 0 Å². The van der Waals surface area contributed by atoms with E-state index in [-0.39, 0.29) is 11.0 Å². The lowest BCUT2D eigenvalue weighted by Crippen LogP contribution is -2.29. The van der Waals surface area contributed by atoms with E-state index in [4.69, 9.17) is 4.74 Å². The summed E-state index contributed by atoms with van der Waals surface area (Å²) in [5.74, 6) is -0.272. The fourth-order valence-corrected chi connectivity index (χ4v) is 1.05. The zero-order chi connectivity index (χ0) is 12.1. The van der Waals surface area contributed by atoms with Gasteiger partial charge in [0.25, 0.3) is 0 Å². The van der Waals surface area contributed by atoms with Crippen LogP contribution in [0.25, 0.3) is 0 Å². The number of hydrogen-bond acceptors (Lipinski definition) is 4. The first-order chi connectivity index (χ1) is 6.74. The minimum atomic E-state index is -0.708. The molecule has 15 heavy (non-hydrogen) atoms. The van der Waals surface area contributed by atoms with Gasteiger partial charge in [0.05, 0.1) is 0 Å². The molecule has 0 spiro atoms. The van der Waals surface area contributed by atoms with Crippen LogP contribution in [0.1, 0.15) is 20.8 Å². The first-order valence-electron chi connectivity index (χ1n) is 4.38. The van der Waals surface area contributed by atoms with Crippen molar-refractivity contribution >= 4 is 36.7 Å². The highest BCUT2D eigenvalue weighted by molar-refractivity contribution is 8.13. The van der Waals surface area contributed by atoms with Gasteiger partial charge in [-0.05, 0) is 27.0 Å². The average Bonchev–Trinajstić information content (AvgIpc) is 1.98. The predicted molar refractivity (Wildman–Crippen MR) is 64.3 cm³/mol. The van der Waals surface area contributed by atoms with Crippen LogP contribution in [0.2, 0.25) is 0 Å². The number of aliphatic imine (C=N–C) groups is 1. The summed E-state index contributed by atoms with van der Waals surface area (Å²) in [6.45, 7) is 5.24. The predicted octanol–water partition coefficient (Wildman–Crippen LogP) is 0.983. The third-order valence-electron chi connectivity index (χ3n) is 1.06. The molecule has 1 N–H and O–H groups in total. The summed E-state index contributed by atoms with van der Waals surface area (Å²) >= 11 is 1.17. The quantitative estimate of drug-likeness (QED) is 0.382. The number of rotatable bonds is 0. The fourth-order valence-electron chi connectivity index (χ4n) is 0.643. The molecule has 0 heterocycles. The summed E-state index contributed by atoms with van der Waals surface area (Å²) in [5.41, 5.74) is -0.583. The maximum atomic E-state index is 11.2. The van der Waals surface area contributed by atoms with Crippen molar-refractivity contribution in [1.82, 2.24) is 5.32 Å². The smallest absolute Gasteiger partial charge is 0.436 e. The second kappa shape index (κ2) is 5.80. The molecule has 0 aliphatic heterocycles. The van der Waals surface area contributed by atoms with Gasteiger partial charge in [0, 0.05) is 0 Å². The molecule has 2 amide bonds. The molecule has 0 rings (SSSR count). The van der Waals surface area contributed by atoms with E-state index in [9.17, 15) is 9.59 Å². The van der Waals surface area contributed by atoms with Gasteiger partial charge in [-0.15, -0.1) is 0 Å². The van der Waals surface area contributed by atoms with Crippen molar-refractivity contribution in [2.45, 2.75) is 26.4 Å². The van der Waals surface area contributed by atoms with Crippen LogP contribution in [0.4, 0.5) is 9.59 Å². The van der Waals surface area contributed by atoms with Crippen LogP contribution in [0, 0.1) is 0 Å². The molecule has 84 valence electrons. The van der Waals surface area contributed by atoms with E-state index in [0.29, 0.717) is 0 Å². The molecular formula is C8H15BN2O3S. The van der Waals surface area contributed by atoms with Crippen molar-refractivity contribution in [3.05, 3.63) is 0 Å². The lowest BCUT2D eigenvalue weighted by molar-refractivity contribution is 0.0604. The number of amides is 2. The normalized spacial score (nSPS) is 12.1. The molecule has 0 radical (unpaired) electrons. The fraction of sp³-hybridized carbons (Fsp3) is 0.625. The second-order valence-corrected chi connectivity index (χ2v) is 4.58. The number of carbonyl (C=O) groups excluding carboxylic acids is 2. The summed E-state index contributed by atoms with van der Waals surface area (Å²) in [6.07, 6.45) is 1.000. The summed E-state index contributed by atoms with van der Waals surface area (Å²) in [4.78, 5) is 25.6. The molecular weight excluding hydrogens is 215 g/mol. The van der Waals surface area contributed by atoms with E-state index in [1.807, 2.05) is 0 Å². The highest BCUT2D eigenvalue weighted by Gasteiger charge is 2.16. The van der Waals surface area contributed by atoms with E-state index >= 15 is 0 Å². The highest BCUT2D eigenvalue weighted by Crippen LogP contribution is 2.08. The molecule has 0 saturated heterocycles. The van der Waals surface area contributed by atoms with Gasteiger partial charge in [-0.1, -0.05) is 11.8 Å². The summed E-state index contributed by atoms with van der Waals surface area (Å²) < 4.78 is 4.96. The molecule has 0 atom stereocenters. The van der Waals surface area contributed by atoms with Crippen molar-refractivity contribution in [1.29, 1.82) is 0 Å². The maximum absolute atomic E-state index is 11.2. The van der Waals surface area contributed by atoms with E-state index in [2.05, 4.69) is 10.3 Å². The number of nitrogens with one attached hydrogen (secondary N) is 1. The lowest BCUT2D eigenvalue weighted by atomic mass is 10.1. The Balaban J connectivity index is 4.43. The van der Waals surface area contributed by atoms with Crippen molar-refractivity contribution in [2.24, 2.45) is 4.99 Å². The molecule has 0 saturated carbocycles. The number of carbonyl (C=O) groups is 2. The third-order valence-corrected chi connectivity index (χ3v) is 1.64. The van der Waals surface area contributed by atoms with Crippen molar-refractivity contribution in [3.63, 3.8) is 0 Å². The molecule has 7 heteroatoms. The van der Waals surface area contributed by atoms with Crippen LogP contribution in [0.5, 0.6) is 0 Å². The molecule has 0 fully saturated rings. The Bertz CT molecular complexity index is 286. The first kappa shape index (κ1) is 14.0. The van der Waals surface area contributed by atoms with Gasteiger partial charge in [-0.2, -0.15) is 4.99 Å². The zero-order valence-electron chi connectivity index (χ0n) is 9.58. The Morgan fingerprint density at radius 1 is 1.40 bits per heavy atom. The molecule has 0 unspecified atom stereocenters. The molecule has 0 aliphatic carbocycles. The molecule has 0 aromatic carbocycles. The Labute approximate surface area is 94.5 Å². The van der Waals surface area contributed by atoms with Crippen LogP contribution in [-0.2, 0) is 4.74 Å². The Kier molecular flexibility index (Phi) is 5.42. The first-order valence-corrected chi connectivity index (χ1v) is 5.60. The van der Waals surface area contributed by atoms with Gasteiger partial charge in [0.15, 0.2) is 11.0 Å². The van der Waals surface area contributed by atoms with Gasteiger partial charge in [-0.3, -0.25) is 4.79 Å². The van der Waals surface area contributed by atoms with E-state index in [1.165, 1.54) is 19.6 Å². The van der Waals surface area contributed by atoms with Crippen LogP contribution in [-0.4, -0.2) is 36.8 Å². The molecule has 0 aliphatic rings. The Morgan fingerprint density at radius 2 is 1.93 bits per heavy atom. The van der Waals surface area contributed by atoms with Gasteiger partial charge in [0.2, 0.25) is 7.85 Å². The number of amidine groups is 1. The Hall–Kier alpha value is -0.975. The number of nitrogens with zero attached hydrogens (tertiary/aromatic N) is 1. The molecule has 0 aromatic heterocycles. The third kappa shape index (κ3) is 8.05. The van der Waals surface area contributed by atoms with Crippen molar-refractivity contribution < 1.29 is 14.3 Å². The topological polar surface area (TPSA) is 67.8 Å². The van der Waals surface area contributed by atoms with Gasteiger partial charge < -0.3 is 10.1 Å². The number of thioether (sulfide) groups is 1.